The number of sulfonamides is 1. The lowest BCUT2D eigenvalue weighted by molar-refractivity contribution is -0.114. The van der Waals surface area contributed by atoms with Crippen molar-refractivity contribution in [1.29, 1.82) is 0 Å². The number of hydrogen-bond donors (Lipinski definition) is 2. The minimum absolute atomic E-state index is 0.0347. The van der Waals surface area contributed by atoms with Crippen molar-refractivity contribution in [3.05, 3.63) is 108 Å². The summed E-state index contributed by atoms with van der Waals surface area (Å²) in [6.45, 7) is 4.23. The Balaban J connectivity index is 1.36. The van der Waals surface area contributed by atoms with Gasteiger partial charge in [0, 0.05) is 31.1 Å². The number of imidazole rings is 1. The molecular weight excluding hydrogens is 564 g/mol. The van der Waals surface area contributed by atoms with Gasteiger partial charge in [-0.2, -0.15) is 0 Å². The first-order chi connectivity index (χ1) is 20.7. The summed E-state index contributed by atoms with van der Waals surface area (Å²) in [4.78, 5) is 28.9. The maximum Gasteiger partial charge on any atom is 0.426 e. The highest BCUT2D eigenvalue weighted by Gasteiger charge is 2.20. The van der Waals surface area contributed by atoms with E-state index < -0.39 is 16.1 Å². The second-order valence-corrected chi connectivity index (χ2v) is 11.8. The van der Waals surface area contributed by atoms with Gasteiger partial charge in [-0.1, -0.05) is 74.0 Å². The van der Waals surface area contributed by atoms with E-state index in [4.69, 9.17) is 9.72 Å². The van der Waals surface area contributed by atoms with Crippen molar-refractivity contribution in [3.8, 4) is 16.9 Å². The number of carbonyl (C=O) groups is 2. The van der Waals surface area contributed by atoms with Crippen molar-refractivity contribution in [2.24, 2.45) is 0 Å². The number of fused-ring (bicyclic) bond motifs is 1. The smallest absolute Gasteiger partial charge is 0.409 e. The average Bonchev–Trinajstić information content (AvgIpc) is 3.32. The number of anilines is 1. The Morgan fingerprint density at radius 3 is 2.35 bits per heavy atom. The predicted octanol–water partition coefficient (Wildman–Crippen LogP) is 6.53. The number of hydrogen-bond acceptors (Lipinski definition) is 6. The topological polar surface area (TPSA) is 119 Å². The van der Waals surface area contributed by atoms with Gasteiger partial charge in [0.05, 0.1) is 15.9 Å². The van der Waals surface area contributed by atoms with E-state index in [-0.39, 0.29) is 16.6 Å². The summed E-state index contributed by atoms with van der Waals surface area (Å²) in [5.41, 5.74) is 5.02. The van der Waals surface area contributed by atoms with Crippen LogP contribution in [0.5, 0.6) is 5.75 Å². The highest BCUT2D eigenvalue weighted by atomic mass is 32.2. The van der Waals surface area contributed by atoms with E-state index in [1.807, 2.05) is 59.3 Å². The maximum absolute atomic E-state index is 12.6. The molecule has 0 atom stereocenters. The fraction of sp³-hybridized carbons (Fsp3) is 0.182. The van der Waals surface area contributed by atoms with Crippen LogP contribution in [0.15, 0.2) is 102 Å². The molecule has 0 saturated heterocycles. The third-order valence-corrected chi connectivity index (χ3v) is 8.20. The molecule has 0 fully saturated rings. The van der Waals surface area contributed by atoms with Crippen molar-refractivity contribution in [3.63, 3.8) is 0 Å². The first kappa shape index (κ1) is 29.5. The Labute approximate surface area is 250 Å². The minimum atomic E-state index is -4.07. The summed E-state index contributed by atoms with van der Waals surface area (Å²) in [5.74, 6) is 1.08. The Morgan fingerprint density at radius 2 is 1.63 bits per heavy atom. The monoisotopic (exact) mass is 596 g/mol. The van der Waals surface area contributed by atoms with Gasteiger partial charge in [0.25, 0.3) is 10.0 Å². The van der Waals surface area contributed by atoms with Crippen molar-refractivity contribution in [2.45, 2.75) is 44.6 Å². The van der Waals surface area contributed by atoms with Crippen LogP contribution in [0.25, 0.3) is 22.2 Å². The zero-order chi connectivity index (χ0) is 30.4. The molecule has 5 aromatic rings. The second kappa shape index (κ2) is 12.9. The zero-order valence-electron chi connectivity index (χ0n) is 23.9. The van der Waals surface area contributed by atoms with E-state index in [0.717, 1.165) is 47.2 Å². The lowest BCUT2D eigenvalue weighted by atomic mass is 10.0. The van der Waals surface area contributed by atoms with Gasteiger partial charge < -0.3 is 14.6 Å². The normalized spacial score (nSPS) is 11.3. The van der Waals surface area contributed by atoms with Crippen LogP contribution < -0.4 is 14.8 Å². The van der Waals surface area contributed by atoms with Crippen LogP contribution in [0.2, 0.25) is 0 Å². The molecule has 1 aromatic heterocycles. The minimum Gasteiger partial charge on any atom is -0.409 e. The summed E-state index contributed by atoms with van der Waals surface area (Å²) in [6, 6.07) is 28.2. The number of carbonyl (C=O) groups excluding carboxylic acids is 2. The standard InChI is InChI=1S/C33H32N4O5S/c1-3-4-14-32-35-29-21-26(34-23(2)38)19-20-30(29)37(32)22-24-15-17-25(18-16-24)28-12-8-9-13-31(28)42-33(39)36-43(40,41)27-10-6-5-7-11-27/h5-13,15-21H,3-4,14,22H2,1-2H3,(H,34,38)(H,36,39). The van der Waals surface area contributed by atoms with E-state index in [1.165, 1.54) is 19.1 Å². The van der Waals surface area contributed by atoms with E-state index in [0.29, 0.717) is 17.8 Å². The van der Waals surface area contributed by atoms with Crippen LogP contribution in [-0.2, 0) is 27.8 Å². The summed E-state index contributed by atoms with van der Waals surface area (Å²) in [7, 11) is -4.07. The van der Waals surface area contributed by atoms with E-state index in [9.17, 15) is 18.0 Å². The molecule has 4 aromatic carbocycles. The number of para-hydroxylation sites is 1. The molecule has 0 unspecified atom stereocenters. The van der Waals surface area contributed by atoms with Gasteiger partial charge in [0.2, 0.25) is 5.91 Å². The highest BCUT2D eigenvalue weighted by Crippen LogP contribution is 2.31. The van der Waals surface area contributed by atoms with Gasteiger partial charge >= 0.3 is 6.09 Å². The summed E-state index contributed by atoms with van der Waals surface area (Å²) in [6.07, 6.45) is 1.80. The molecule has 0 aliphatic heterocycles. The largest absolute Gasteiger partial charge is 0.426 e. The quantitative estimate of drug-likeness (QED) is 0.189. The van der Waals surface area contributed by atoms with Crippen LogP contribution in [0.4, 0.5) is 10.5 Å². The molecule has 220 valence electrons. The predicted molar refractivity (Wildman–Crippen MR) is 166 cm³/mol. The molecule has 0 spiro atoms. The Hall–Kier alpha value is -4.96. The van der Waals surface area contributed by atoms with Crippen LogP contribution in [0.3, 0.4) is 0 Å². The number of benzene rings is 4. The first-order valence-corrected chi connectivity index (χ1v) is 15.5. The molecule has 10 heteroatoms. The van der Waals surface area contributed by atoms with E-state index in [1.54, 1.807) is 30.3 Å². The number of aryl methyl sites for hydroxylation is 1. The molecule has 5 rings (SSSR count). The van der Waals surface area contributed by atoms with E-state index >= 15 is 0 Å². The maximum atomic E-state index is 12.6. The van der Waals surface area contributed by atoms with Gasteiger partial charge in [-0.15, -0.1) is 0 Å². The van der Waals surface area contributed by atoms with Crippen LogP contribution in [-0.4, -0.2) is 30.0 Å². The molecule has 0 aliphatic carbocycles. The van der Waals surface area contributed by atoms with Gasteiger partial charge in [-0.3, -0.25) is 4.79 Å². The molecular formula is C33H32N4O5S. The molecule has 2 N–H and O–H groups in total. The SMILES string of the molecule is CCCCc1nc2cc(NC(C)=O)ccc2n1Cc1ccc(-c2ccccc2OC(=O)NS(=O)(=O)c2ccccc2)cc1. The van der Waals surface area contributed by atoms with Gasteiger partial charge in [-0.25, -0.2) is 22.9 Å². The molecule has 2 amide bonds. The average molecular weight is 597 g/mol. The number of nitrogens with one attached hydrogen (secondary N) is 2. The number of rotatable bonds is 10. The zero-order valence-corrected chi connectivity index (χ0v) is 24.7. The second-order valence-electron chi connectivity index (χ2n) is 10.1. The van der Waals surface area contributed by atoms with Crippen LogP contribution in [0, 0.1) is 0 Å². The van der Waals surface area contributed by atoms with Crippen molar-refractivity contribution >= 4 is 38.7 Å². The fourth-order valence-corrected chi connectivity index (χ4v) is 5.71. The molecule has 0 aliphatic rings. The molecule has 0 saturated carbocycles. The summed E-state index contributed by atoms with van der Waals surface area (Å²) < 4.78 is 34.7. The third kappa shape index (κ3) is 7.10. The van der Waals surface area contributed by atoms with Gasteiger partial charge in [0.15, 0.2) is 0 Å². The molecule has 43 heavy (non-hydrogen) atoms. The molecule has 1 heterocycles. The lowest BCUT2D eigenvalue weighted by Gasteiger charge is -2.13. The summed E-state index contributed by atoms with van der Waals surface area (Å²) in [5, 5.41) is 2.82. The van der Waals surface area contributed by atoms with Crippen molar-refractivity contribution < 1.29 is 22.7 Å². The Morgan fingerprint density at radius 1 is 0.907 bits per heavy atom. The molecule has 0 bridgehead atoms. The van der Waals surface area contributed by atoms with Gasteiger partial charge in [-0.05, 0) is 53.9 Å². The number of unbranched alkanes of at least 4 members (excludes halogenated alkanes) is 1. The molecule has 9 nitrogen and oxygen atoms in total. The Bertz CT molecular complexity index is 1870. The first-order valence-electron chi connectivity index (χ1n) is 14.0. The number of amides is 2. The summed E-state index contributed by atoms with van der Waals surface area (Å²) >= 11 is 0. The van der Waals surface area contributed by atoms with Crippen molar-refractivity contribution in [2.75, 3.05) is 5.32 Å². The van der Waals surface area contributed by atoms with Crippen LogP contribution in [0.1, 0.15) is 38.1 Å². The van der Waals surface area contributed by atoms with Gasteiger partial charge in [0.1, 0.15) is 11.6 Å². The number of nitrogens with zero attached hydrogens (tertiary/aromatic N) is 2. The van der Waals surface area contributed by atoms with Crippen LogP contribution >= 0.6 is 0 Å². The number of ether oxygens (including phenoxy) is 1. The highest BCUT2D eigenvalue weighted by molar-refractivity contribution is 7.90. The van der Waals surface area contributed by atoms with Crippen molar-refractivity contribution in [1.82, 2.24) is 14.3 Å². The number of aromatic nitrogens is 2. The fourth-order valence-electron chi connectivity index (χ4n) is 4.82. The van der Waals surface area contributed by atoms with E-state index in [2.05, 4.69) is 16.8 Å². The molecule has 0 radical (unpaired) electrons. The third-order valence-electron chi connectivity index (χ3n) is 6.87. The Kier molecular flexibility index (Phi) is 8.87. The lowest BCUT2D eigenvalue weighted by Crippen LogP contribution is -2.33.